The number of urea groups is 1. The lowest BCUT2D eigenvalue weighted by molar-refractivity contribution is 0.141. The molecule has 2 aliphatic rings. The van der Waals surface area contributed by atoms with Gasteiger partial charge in [-0.15, -0.1) is 0 Å². The minimum atomic E-state index is -0.179. The summed E-state index contributed by atoms with van der Waals surface area (Å²) < 4.78 is 10.8. The van der Waals surface area contributed by atoms with E-state index in [0.717, 1.165) is 55.8 Å². The lowest BCUT2D eigenvalue weighted by Crippen LogP contribution is -2.52. The molecule has 3 rings (SSSR count). The molecule has 0 aliphatic carbocycles. The van der Waals surface area contributed by atoms with Crippen molar-refractivity contribution in [3.05, 3.63) is 41.1 Å². The summed E-state index contributed by atoms with van der Waals surface area (Å²) in [5.74, 6) is 0.793. The first kappa shape index (κ1) is 20.7. The first-order valence-corrected chi connectivity index (χ1v) is 10.3. The van der Waals surface area contributed by atoms with Crippen LogP contribution in [0.4, 0.5) is 4.79 Å². The minimum Gasteiger partial charge on any atom is -0.497 e. The molecule has 1 spiro atoms. The van der Waals surface area contributed by atoms with Crippen molar-refractivity contribution in [3.63, 3.8) is 0 Å². The summed E-state index contributed by atoms with van der Waals surface area (Å²) in [6.45, 7) is 7.89. The van der Waals surface area contributed by atoms with Gasteiger partial charge in [-0.1, -0.05) is 19.1 Å². The van der Waals surface area contributed by atoms with Crippen molar-refractivity contribution in [3.8, 4) is 5.75 Å². The molecule has 0 atom stereocenters. The molecule has 28 heavy (non-hydrogen) atoms. The van der Waals surface area contributed by atoms with Crippen LogP contribution in [0.3, 0.4) is 0 Å². The number of piperidine rings is 1. The Labute approximate surface area is 168 Å². The molecule has 2 saturated heterocycles. The first-order chi connectivity index (χ1) is 13.6. The van der Waals surface area contributed by atoms with Crippen LogP contribution < -0.4 is 10.1 Å². The second-order valence-electron chi connectivity index (χ2n) is 7.51. The Morgan fingerprint density at radius 2 is 1.86 bits per heavy atom. The lowest BCUT2D eigenvalue weighted by Gasteiger charge is -2.41. The standard InChI is InChI=1S/C22H33N3O3/c1-5-7-20-22(8-10-23-11-9-22)25(6-2)21(26)24(20)15-17-12-18(16-27-3)14-19(13-17)28-4/h7,12-14,23H,5-6,8-11,15-16H2,1-4H3/b20-7-. The van der Waals surface area contributed by atoms with Crippen LogP contribution in [-0.4, -0.2) is 55.2 Å². The maximum absolute atomic E-state index is 13.4. The van der Waals surface area contributed by atoms with Gasteiger partial charge in [0.2, 0.25) is 0 Å². The smallest absolute Gasteiger partial charge is 0.325 e. The highest BCUT2D eigenvalue weighted by atomic mass is 16.5. The third-order valence-corrected chi connectivity index (χ3v) is 5.80. The van der Waals surface area contributed by atoms with E-state index in [1.165, 1.54) is 5.70 Å². The number of allylic oxidation sites excluding steroid dienone is 1. The fraction of sp³-hybridized carbons (Fsp3) is 0.591. The molecule has 6 nitrogen and oxygen atoms in total. The minimum absolute atomic E-state index is 0.111. The third kappa shape index (κ3) is 3.76. The summed E-state index contributed by atoms with van der Waals surface area (Å²) in [6, 6.07) is 6.21. The van der Waals surface area contributed by atoms with E-state index in [9.17, 15) is 4.79 Å². The average Bonchev–Trinajstić information content (AvgIpc) is 2.90. The zero-order valence-corrected chi connectivity index (χ0v) is 17.6. The zero-order chi connectivity index (χ0) is 20.1. The van der Waals surface area contributed by atoms with Crippen LogP contribution in [0.5, 0.6) is 5.75 Å². The van der Waals surface area contributed by atoms with E-state index in [1.54, 1.807) is 14.2 Å². The summed E-state index contributed by atoms with van der Waals surface area (Å²) in [6.07, 6.45) is 5.08. The van der Waals surface area contributed by atoms with Gasteiger partial charge in [-0.2, -0.15) is 0 Å². The molecule has 2 aliphatic heterocycles. The third-order valence-electron chi connectivity index (χ3n) is 5.80. The number of methoxy groups -OCH3 is 2. The number of nitrogens with one attached hydrogen (secondary N) is 1. The predicted molar refractivity (Wildman–Crippen MR) is 110 cm³/mol. The average molecular weight is 388 g/mol. The zero-order valence-electron chi connectivity index (χ0n) is 17.6. The van der Waals surface area contributed by atoms with Gasteiger partial charge < -0.3 is 19.7 Å². The van der Waals surface area contributed by atoms with Gasteiger partial charge in [-0.25, -0.2) is 4.79 Å². The van der Waals surface area contributed by atoms with Gasteiger partial charge in [-0.3, -0.25) is 4.90 Å². The molecule has 0 radical (unpaired) electrons. The summed E-state index contributed by atoms with van der Waals surface area (Å²) in [5, 5.41) is 3.45. The largest absolute Gasteiger partial charge is 0.497 e. The molecule has 0 saturated carbocycles. The van der Waals surface area contributed by atoms with Crippen molar-refractivity contribution < 1.29 is 14.3 Å². The Bertz CT molecular complexity index is 726. The molecule has 1 aromatic rings. The maximum Gasteiger partial charge on any atom is 0.325 e. The van der Waals surface area contributed by atoms with Gasteiger partial charge in [0.15, 0.2) is 0 Å². The van der Waals surface area contributed by atoms with Gasteiger partial charge in [0.05, 0.1) is 25.8 Å². The number of amides is 2. The molecule has 1 N–H and O–H groups in total. The maximum atomic E-state index is 13.4. The number of hydrogen-bond donors (Lipinski definition) is 1. The number of benzene rings is 1. The van der Waals surface area contributed by atoms with Crippen LogP contribution in [0.15, 0.2) is 30.0 Å². The van der Waals surface area contributed by atoms with Crippen molar-refractivity contribution in [1.29, 1.82) is 0 Å². The Morgan fingerprint density at radius 1 is 1.14 bits per heavy atom. The number of carbonyl (C=O) groups is 1. The van der Waals surface area contributed by atoms with Crippen LogP contribution in [0.1, 0.15) is 44.2 Å². The van der Waals surface area contributed by atoms with Gasteiger partial charge in [-0.05, 0) is 62.5 Å². The Balaban J connectivity index is 1.97. The molecule has 2 heterocycles. The highest BCUT2D eigenvalue weighted by molar-refractivity contribution is 5.82. The van der Waals surface area contributed by atoms with E-state index in [1.807, 2.05) is 17.0 Å². The fourth-order valence-corrected chi connectivity index (χ4v) is 4.64. The van der Waals surface area contributed by atoms with E-state index in [0.29, 0.717) is 13.2 Å². The molecule has 0 aromatic heterocycles. The van der Waals surface area contributed by atoms with Crippen LogP contribution in [-0.2, 0) is 17.9 Å². The summed E-state index contributed by atoms with van der Waals surface area (Å²) >= 11 is 0. The summed E-state index contributed by atoms with van der Waals surface area (Å²) in [5.41, 5.74) is 3.10. The van der Waals surface area contributed by atoms with Gasteiger partial charge in [0.25, 0.3) is 0 Å². The van der Waals surface area contributed by atoms with E-state index < -0.39 is 0 Å². The highest BCUT2D eigenvalue weighted by Crippen LogP contribution is 2.43. The molecule has 1 aromatic carbocycles. The molecule has 6 heteroatoms. The van der Waals surface area contributed by atoms with Gasteiger partial charge in [0.1, 0.15) is 5.75 Å². The van der Waals surface area contributed by atoms with E-state index in [-0.39, 0.29) is 11.6 Å². The Morgan fingerprint density at radius 3 is 2.46 bits per heavy atom. The van der Waals surface area contributed by atoms with Crippen LogP contribution in [0.25, 0.3) is 0 Å². The number of likely N-dealkylation sites (N-methyl/N-ethyl adjacent to an activating group) is 1. The van der Waals surface area contributed by atoms with Crippen molar-refractivity contribution in [1.82, 2.24) is 15.1 Å². The van der Waals surface area contributed by atoms with Crippen molar-refractivity contribution >= 4 is 6.03 Å². The van der Waals surface area contributed by atoms with Crippen molar-refractivity contribution in [2.45, 2.75) is 51.8 Å². The monoisotopic (exact) mass is 387 g/mol. The van der Waals surface area contributed by atoms with E-state index in [2.05, 4.69) is 36.2 Å². The second-order valence-corrected chi connectivity index (χ2v) is 7.51. The molecule has 154 valence electrons. The lowest BCUT2D eigenvalue weighted by atomic mass is 9.83. The summed E-state index contributed by atoms with van der Waals surface area (Å²) in [4.78, 5) is 17.5. The normalized spacial score (nSPS) is 20.4. The number of hydrogen-bond acceptors (Lipinski definition) is 4. The van der Waals surface area contributed by atoms with Crippen molar-refractivity contribution in [2.75, 3.05) is 33.9 Å². The molecule has 2 fully saturated rings. The Kier molecular flexibility index (Phi) is 6.62. The van der Waals surface area contributed by atoms with Crippen LogP contribution in [0.2, 0.25) is 0 Å². The molecule has 0 bridgehead atoms. The quantitative estimate of drug-likeness (QED) is 0.778. The number of nitrogens with zero attached hydrogens (tertiary/aromatic N) is 2. The molecular weight excluding hydrogens is 354 g/mol. The second kappa shape index (κ2) is 8.97. The van der Waals surface area contributed by atoms with Crippen molar-refractivity contribution in [2.24, 2.45) is 0 Å². The van der Waals surface area contributed by atoms with Gasteiger partial charge >= 0.3 is 6.03 Å². The van der Waals surface area contributed by atoms with Gasteiger partial charge in [0, 0.05) is 19.4 Å². The summed E-state index contributed by atoms with van der Waals surface area (Å²) in [7, 11) is 3.35. The Hall–Kier alpha value is -2.05. The molecule has 2 amide bonds. The van der Waals surface area contributed by atoms with E-state index >= 15 is 0 Å². The van der Waals surface area contributed by atoms with Crippen LogP contribution >= 0.6 is 0 Å². The predicted octanol–water partition coefficient (Wildman–Crippen LogP) is 3.52. The number of carbonyl (C=O) groups excluding carboxylic acids is 1. The fourth-order valence-electron chi connectivity index (χ4n) is 4.64. The van der Waals surface area contributed by atoms with E-state index in [4.69, 9.17) is 9.47 Å². The first-order valence-electron chi connectivity index (χ1n) is 10.3. The molecular formula is C22H33N3O3. The topological polar surface area (TPSA) is 54.0 Å². The number of rotatable bonds is 7. The van der Waals surface area contributed by atoms with Crippen LogP contribution in [0, 0.1) is 0 Å². The molecule has 0 unspecified atom stereocenters. The number of ether oxygens (including phenoxy) is 2. The highest BCUT2D eigenvalue weighted by Gasteiger charge is 2.52. The SMILES string of the molecule is CC/C=C1\N(Cc2cc(COC)cc(OC)c2)C(=O)N(CC)C12CCNCC2.